The van der Waals surface area contributed by atoms with Gasteiger partial charge in [-0.1, -0.05) is 50.1 Å². The predicted octanol–water partition coefficient (Wildman–Crippen LogP) is 3.19. The van der Waals surface area contributed by atoms with Gasteiger partial charge in [0.1, 0.15) is 6.61 Å². The third-order valence-electron chi connectivity index (χ3n) is 4.11. The molecule has 178 valence electrons. The summed E-state index contributed by atoms with van der Waals surface area (Å²) in [6, 6.07) is 9.53. The maximum Gasteiger partial charge on any atom is 0.407 e. The molecular weight excluding hydrogens is 402 g/mol. The van der Waals surface area contributed by atoms with Crippen molar-refractivity contribution in [1.29, 1.82) is 0 Å². The third-order valence-corrected chi connectivity index (χ3v) is 4.11. The van der Waals surface area contributed by atoms with E-state index in [2.05, 4.69) is 12.2 Å². The fourth-order valence-electron chi connectivity index (χ4n) is 2.44. The average molecular weight is 442 g/mol. The lowest BCUT2D eigenvalue weighted by Crippen LogP contribution is -2.28. The zero-order chi connectivity index (χ0) is 22.2. The molecule has 0 aromatic heterocycles. The smallest absolute Gasteiger partial charge is 0.407 e. The Morgan fingerprint density at radius 3 is 1.77 bits per heavy atom. The topological polar surface area (TPSA) is 84.5 Å². The number of carbonyl (C=O) groups excluding carboxylic acids is 1. The first-order valence-corrected chi connectivity index (χ1v) is 11.2. The lowest BCUT2D eigenvalue weighted by Gasteiger charge is -2.09. The molecule has 0 aliphatic rings. The lowest BCUT2D eigenvalue weighted by molar-refractivity contribution is -0.0110. The zero-order valence-corrected chi connectivity index (χ0v) is 18.9. The number of hydrogen-bond acceptors (Lipinski definition) is 7. The Morgan fingerprint density at radius 2 is 1.23 bits per heavy atom. The third kappa shape index (κ3) is 18.8. The van der Waals surface area contributed by atoms with Crippen LogP contribution in [0.3, 0.4) is 0 Å². The van der Waals surface area contributed by atoms with E-state index in [1.807, 2.05) is 30.3 Å². The molecule has 0 radical (unpaired) electrons. The van der Waals surface area contributed by atoms with E-state index in [1.54, 1.807) is 0 Å². The molecule has 0 aliphatic heterocycles. The molecule has 1 N–H and O–H groups in total. The summed E-state index contributed by atoms with van der Waals surface area (Å²) >= 11 is 0. The number of carbonyl (C=O) groups is 1. The van der Waals surface area contributed by atoms with Crippen LogP contribution in [0, 0.1) is 0 Å². The van der Waals surface area contributed by atoms with Crippen LogP contribution in [-0.2, 0) is 35.0 Å². The molecule has 8 nitrogen and oxygen atoms in total. The second-order valence-electron chi connectivity index (χ2n) is 6.76. The first-order valence-electron chi connectivity index (χ1n) is 11.2. The molecule has 0 saturated heterocycles. The van der Waals surface area contributed by atoms with Gasteiger partial charge < -0.3 is 33.7 Å². The molecule has 1 amide bonds. The molecule has 1 aromatic carbocycles. The predicted molar refractivity (Wildman–Crippen MR) is 118 cm³/mol. The van der Waals surface area contributed by atoms with E-state index in [9.17, 15) is 4.79 Å². The molecule has 0 unspecified atom stereocenters. The van der Waals surface area contributed by atoms with Crippen LogP contribution < -0.4 is 5.32 Å². The second-order valence-corrected chi connectivity index (χ2v) is 6.76. The Hall–Kier alpha value is -1.71. The quantitative estimate of drug-likeness (QED) is 0.293. The molecule has 0 fully saturated rings. The standard InChI is InChI=1S/C23H39NO7/c1-2-3-7-11-26-13-15-28-17-19-30-20-18-29-16-14-27-12-10-24-23(25)31-21-22-8-5-4-6-9-22/h4-6,8-9H,2-3,7,10-21H2,1H3,(H,24,25). The van der Waals surface area contributed by atoms with Crippen LogP contribution in [-0.4, -0.2) is 78.7 Å². The van der Waals surface area contributed by atoms with E-state index >= 15 is 0 Å². The van der Waals surface area contributed by atoms with Gasteiger partial charge in [-0.3, -0.25) is 0 Å². The summed E-state index contributed by atoms with van der Waals surface area (Å²) in [6.45, 7) is 8.34. The number of benzene rings is 1. The van der Waals surface area contributed by atoms with Crippen molar-refractivity contribution >= 4 is 6.09 Å². The highest BCUT2D eigenvalue weighted by Gasteiger charge is 2.01. The molecule has 0 aliphatic carbocycles. The molecule has 1 aromatic rings. The van der Waals surface area contributed by atoms with E-state index in [4.69, 9.17) is 28.4 Å². The normalized spacial score (nSPS) is 10.9. The fourth-order valence-corrected chi connectivity index (χ4v) is 2.44. The largest absolute Gasteiger partial charge is 0.445 e. The average Bonchev–Trinajstić information content (AvgIpc) is 2.80. The first kappa shape index (κ1) is 27.3. The Morgan fingerprint density at radius 1 is 0.710 bits per heavy atom. The number of hydrogen-bond donors (Lipinski definition) is 1. The van der Waals surface area contributed by atoms with Crippen molar-refractivity contribution in [2.75, 3.05) is 72.6 Å². The Bertz CT molecular complexity index is 516. The van der Waals surface area contributed by atoms with E-state index in [-0.39, 0.29) is 6.61 Å². The minimum absolute atomic E-state index is 0.253. The van der Waals surface area contributed by atoms with Crippen LogP contribution in [0.15, 0.2) is 30.3 Å². The molecule has 0 spiro atoms. The monoisotopic (exact) mass is 441 g/mol. The van der Waals surface area contributed by atoms with Crippen molar-refractivity contribution < 1.29 is 33.2 Å². The summed E-state index contributed by atoms with van der Waals surface area (Å²) in [4.78, 5) is 11.6. The van der Waals surface area contributed by atoms with Crippen LogP contribution in [0.4, 0.5) is 4.79 Å². The number of unbranched alkanes of at least 4 members (excludes halogenated alkanes) is 2. The molecule has 0 bridgehead atoms. The summed E-state index contributed by atoms with van der Waals surface area (Å²) in [5.74, 6) is 0. The zero-order valence-electron chi connectivity index (χ0n) is 18.9. The second kappa shape index (κ2) is 21.5. The first-order chi connectivity index (χ1) is 15.3. The van der Waals surface area contributed by atoms with E-state index in [1.165, 1.54) is 12.8 Å². The number of ether oxygens (including phenoxy) is 6. The number of rotatable bonds is 21. The van der Waals surface area contributed by atoms with Gasteiger partial charge in [0.15, 0.2) is 0 Å². The summed E-state index contributed by atoms with van der Waals surface area (Å²) in [5.41, 5.74) is 0.949. The van der Waals surface area contributed by atoms with Crippen LogP contribution in [0.5, 0.6) is 0 Å². The van der Waals surface area contributed by atoms with E-state index < -0.39 is 6.09 Å². The van der Waals surface area contributed by atoms with Gasteiger partial charge in [0.05, 0.1) is 59.5 Å². The minimum atomic E-state index is -0.454. The van der Waals surface area contributed by atoms with Crippen molar-refractivity contribution in [3.05, 3.63) is 35.9 Å². The SMILES string of the molecule is CCCCCOCCOCCOCCOCCOCCNC(=O)OCc1ccccc1. The fraction of sp³-hybridized carbons (Fsp3) is 0.696. The van der Waals surface area contributed by atoms with Crippen molar-refractivity contribution in [3.8, 4) is 0 Å². The summed E-state index contributed by atoms with van der Waals surface area (Å²) in [7, 11) is 0. The van der Waals surface area contributed by atoms with Gasteiger partial charge in [0, 0.05) is 13.2 Å². The van der Waals surface area contributed by atoms with Gasteiger partial charge >= 0.3 is 6.09 Å². The van der Waals surface area contributed by atoms with Crippen molar-refractivity contribution in [1.82, 2.24) is 5.32 Å². The van der Waals surface area contributed by atoms with Crippen molar-refractivity contribution in [3.63, 3.8) is 0 Å². The lowest BCUT2D eigenvalue weighted by atomic mass is 10.2. The Kier molecular flexibility index (Phi) is 19.0. The van der Waals surface area contributed by atoms with Gasteiger partial charge in [-0.25, -0.2) is 4.79 Å². The van der Waals surface area contributed by atoms with Gasteiger partial charge in [-0.05, 0) is 12.0 Å². The van der Waals surface area contributed by atoms with Crippen LogP contribution >= 0.6 is 0 Å². The Labute approximate surface area is 186 Å². The highest BCUT2D eigenvalue weighted by molar-refractivity contribution is 5.67. The summed E-state index contributed by atoms with van der Waals surface area (Å²) in [5, 5.41) is 2.64. The highest BCUT2D eigenvalue weighted by Crippen LogP contribution is 2.00. The van der Waals surface area contributed by atoms with E-state index in [0.717, 1.165) is 18.6 Å². The maximum atomic E-state index is 11.6. The van der Waals surface area contributed by atoms with Crippen molar-refractivity contribution in [2.24, 2.45) is 0 Å². The van der Waals surface area contributed by atoms with Crippen LogP contribution in [0.25, 0.3) is 0 Å². The molecular formula is C23H39NO7. The highest BCUT2D eigenvalue weighted by atomic mass is 16.6. The molecule has 0 saturated carbocycles. The molecule has 0 heterocycles. The van der Waals surface area contributed by atoms with Crippen LogP contribution in [0.2, 0.25) is 0 Å². The minimum Gasteiger partial charge on any atom is -0.445 e. The van der Waals surface area contributed by atoms with Gasteiger partial charge in [-0.15, -0.1) is 0 Å². The molecule has 8 heteroatoms. The number of alkyl carbamates (subject to hydrolysis) is 1. The maximum absolute atomic E-state index is 11.6. The van der Waals surface area contributed by atoms with Crippen LogP contribution in [0.1, 0.15) is 31.7 Å². The summed E-state index contributed by atoms with van der Waals surface area (Å²) < 4.78 is 32.2. The van der Waals surface area contributed by atoms with Gasteiger partial charge in [-0.2, -0.15) is 0 Å². The number of nitrogens with one attached hydrogen (secondary N) is 1. The van der Waals surface area contributed by atoms with Gasteiger partial charge in [0.2, 0.25) is 0 Å². The summed E-state index contributed by atoms with van der Waals surface area (Å²) in [6.07, 6.45) is 3.08. The van der Waals surface area contributed by atoms with E-state index in [0.29, 0.717) is 66.0 Å². The number of amides is 1. The van der Waals surface area contributed by atoms with Crippen molar-refractivity contribution in [2.45, 2.75) is 32.8 Å². The Balaban J connectivity index is 1.72. The molecule has 0 atom stereocenters. The molecule has 31 heavy (non-hydrogen) atoms. The van der Waals surface area contributed by atoms with Gasteiger partial charge in [0.25, 0.3) is 0 Å². The molecule has 1 rings (SSSR count).